The molecule has 2 N–H and O–H groups in total. The van der Waals surface area contributed by atoms with Crippen LogP contribution in [0.1, 0.15) is 21.7 Å². The van der Waals surface area contributed by atoms with E-state index in [9.17, 15) is 4.79 Å². The molecule has 4 rings (SSSR count). The Kier molecular flexibility index (Phi) is 3.65. The summed E-state index contributed by atoms with van der Waals surface area (Å²) >= 11 is 1.86. The lowest BCUT2D eigenvalue weighted by atomic mass is 9.89. The van der Waals surface area contributed by atoms with Crippen LogP contribution in [-0.2, 0) is 0 Å². The number of carbonyl (C=O) groups excluding carboxylic acids is 1. The van der Waals surface area contributed by atoms with E-state index in [4.69, 9.17) is 5.73 Å². The number of aromatic nitrogens is 2. The Morgan fingerprint density at radius 1 is 1.29 bits per heavy atom. The SMILES string of the molecule is Cc1cc(C(N)=O)nn1-c1cccc(C2=CC=CC3C=CSC23)c1. The number of primary amides is 1. The maximum atomic E-state index is 11.4. The molecule has 2 heterocycles. The topological polar surface area (TPSA) is 60.9 Å². The second-order valence-electron chi connectivity index (χ2n) is 5.97. The van der Waals surface area contributed by atoms with Crippen LogP contribution in [0.2, 0.25) is 0 Å². The molecular formula is C19H17N3OS. The van der Waals surface area contributed by atoms with Gasteiger partial charge in [0.15, 0.2) is 5.69 Å². The van der Waals surface area contributed by atoms with Crippen molar-refractivity contribution in [2.24, 2.45) is 11.7 Å². The molecule has 2 aliphatic rings. The Labute approximate surface area is 144 Å². The number of hydrogen-bond donors (Lipinski definition) is 1. The summed E-state index contributed by atoms with van der Waals surface area (Å²) in [5, 5.41) is 6.94. The van der Waals surface area contributed by atoms with Gasteiger partial charge in [0.25, 0.3) is 5.91 Å². The fourth-order valence-electron chi connectivity index (χ4n) is 3.17. The van der Waals surface area contributed by atoms with Crippen molar-refractivity contribution < 1.29 is 4.79 Å². The summed E-state index contributed by atoms with van der Waals surface area (Å²) < 4.78 is 1.76. The molecule has 0 fully saturated rings. The first kappa shape index (κ1) is 15.0. The van der Waals surface area contributed by atoms with Gasteiger partial charge in [0, 0.05) is 16.9 Å². The number of aryl methyl sites for hydroxylation is 1. The zero-order valence-electron chi connectivity index (χ0n) is 13.2. The van der Waals surface area contributed by atoms with Crippen molar-refractivity contribution >= 4 is 23.2 Å². The predicted molar refractivity (Wildman–Crippen MR) is 97.9 cm³/mol. The van der Waals surface area contributed by atoms with Gasteiger partial charge in [0.2, 0.25) is 0 Å². The predicted octanol–water partition coefficient (Wildman–Crippen LogP) is 3.48. The van der Waals surface area contributed by atoms with Crippen LogP contribution in [-0.4, -0.2) is 20.9 Å². The minimum Gasteiger partial charge on any atom is -0.364 e. The van der Waals surface area contributed by atoms with Crippen LogP contribution in [0.25, 0.3) is 11.3 Å². The molecule has 2 aromatic rings. The number of allylic oxidation sites excluding steroid dienone is 4. The lowest BCUT2D eigenvalue weighted by molar-refractivity contribution is 0.0995. The summed E-state index contributed by atoms with van der Waals surface area (Å²) in [5.41, 5.74) is 9.94. The van der Waals surface area contributed by atoms with E-state index in [-0.39, 0.29) is 5.69 Å². The smallest absolute Gasteiger partial charge is 0.269 e. The maximum absolute atomic E-state index is 11.4. The first-order valence-electron chi connectivity index (χ1n) is 7.81. The van der Waals surface area contributed by atoms with Crippen LogP contribution < -0.4 is 5.73 Å². The largest absolute Gasteiger partial charge is 0.364 e. The van der Waals surface area contributed by atoms with E-state index < -0.39 is 5.91 Å². The minimum absolute atomic E-state index is 0.285. The summed E-state index contributed by atoms with van der Waals surface area (Å²) in [5.74, 6) is -0.0454. The molecule has 0 saturated heterocycles. The molecule has 1 aliphatic heterocycles. The number of carbonyl (C=O) groups is 1. The Hall–Kier alpha value is -2.53. The number of fused-ring (bicyclic) bond motifs is 1. The molecule has 0 bridgehead atoms. The lowest BCUT2D eigenvalue weighted by Gasteiger charge is -2.23. The molecule has 1 aliphatic carbocycles. The van der Waals surface area contributed by atoms with Crippen LogP contribution in [0, 0.1) is 12.8 Å². The van der Waals surface area contributed by atoms with Crippen molar-refractivity contribution in [1.82, 2.24) is 9.78 Å². The molecule has 0 spiro atoms. The summed E-state index contributed by atoms with van der Waals surface area (Å²) in [4.78, 5) is 11.4. The van der Waals surface area contributed by atoms with E-state index in [2.05, 4.69) is 46.9 Å². The van der Waals surface area contributed by atoms with Gasteiger partial charge in [-0.2, -0.15) is 5.10 Å². The second kappa shape index (κ2) is 5.83. The molecule has 1 amide bonds. The van der Waals surface area contributed by atoms with Crippen LogP contribution >= 0.6 is 11.8 Å². The van der Waals surface area contributed by atoms with E-state index in [0.29, 0.717) is 11.2 Å². The first-order chi connectivity index (χ1) is 11.6. The number of amides is 1. The van der Waals surface area contributed by atoms with Crippen molar-refractivity contribution in [3.8, 4) is 5.69 Å². The monoisotopic (exact) mass is 335 g/mol. The average Bonchev–Trinajstić information content (AvgIpc) is 3.21. The zero-order chi connectivity index (χ0) is 16.7. The normalized spacial score (nSPS) is 21.6. The average molecular weight is 335 g/mol. The van der Waals surface area contributed by atoms with Gasteiger partial charge >= 0.3 is 0 Å². The van der Waals surface area contributed by atoms with E-state index in [1.807, 2.05) is 30.8 Å². The summed E-state index contributed by atoms with van der Waals surface area (Å²) in [6, 6.07) is 9.97. The molecule has 4 nitrogen and oxygen atoms in total. The molecule has 1 aromatic carbocycles. The van der Waals surface area contributed by atoms with E-state index in [0.717, 1.165) is 11.4 Å². The summed E-state index contributed by atoms with van der Waals surface area (Å²) in [6.45, 7) is 1.92. The zero-order valence-corrected chi connectivity index (χ0v) is 14.0. The van der Waals surface area contributed by atoms with E-state index in [1.165, 1.54) is 11.1 Å². The van der Waals surface area contributed by atoms with E-state index in [1.54, 1.807) is 10.7 Å². The fraction of sp³-hybridized carbons (Fsp3) is 0.158. The summed E-state index contributed by atoms with van der Waals surface area (Å²) in [7, 11) is 0. The molecule has 120 valence electrons. The van der Waals surface area contributed by atoms with Gasteiger partial charge in [-0.15, -0.1) is 11.8 Å². The van der Waals surface area contributed by atoms with Crippen LogP contribution in [0.4, 0.5) is 0 Å². The highest BCUT2D eigenvalue weighted by atomic mass is 32.2. The third kappa shape index (κ3) is 2.51. The Bertz CT molecular complexity index is 907. The van der Waals surface area contributed by atoms with Gasteiger partial charge in [-0.1, -0.05) is 36.4 Å². The Balaban J connectivity index is 1.73. The lowest BCUT2D eigenvalue weighted by Crippen LogP contribution is -2.14. The number of rotatable bonds is 3. The second-order valence-corrected chi connectivity index (χ2v) is 7.02. The molecule has 5 heteroatoms. The van der Waals surface area contributed by atoms with Gasteiger partial charge in [0.1, 0.15) is 0 Å². The van der Waals surface area contributed by atoms with Crippen molar-refractivity contribution in [3.63, 3.8) is 0 Å². The highest BCUT2D eigenvalue weighted by Crippen LogP contribution is 2.42. The molecule has 0 radical (unpaired) electrons. The van der Waals surface area contributed by atoms with Gasteiger partial charge in [-0.3, -0.25) is 4.79 Å². The Morgan fingerprint density at radius 2 is 2.17 bits per heavy atom. The highest BCUT2D eigenvalue weighted by Gasteiger charge is 2.28. The van der Waals surface area contributed by atoms with Gasteiger partial charge in [-0.05, 0) is 41.7 Å². The van der Waals surface area contributed by atoms with Gasteiger partial charge < -0.3 is 5.73 Å². The third-order valence-corrected chi connectivity index (χ3v) is 5.53. The highest BCUT2D eigenvalue weighted by molar-refractivity contribution is 8.03. The fourth-order valence-corrected chi connectivity index (χ4v) is 4.34. The molecular weight excluding hydrogens is 318 g/mol. The Morgan fingerprint density at radius 3 is 2.96 bits per heavy atom. The summed E-state index contributed by atoms with van der Waals surface area (Å²) in [6.07, 6.45) is 8.81. The number of hydrogen-bond acceptors (Lipinski definition) is 3. The molecule has 2 unspecified atom stereocenters. The molecule has 2 atom stereocenters. The van der Waals surface area contributed by atoms with Gasteiger partial charge in [0.05, 0.1) is 5.69 Å². The first-order valence-corrected chi connectivity index (χ1v) is 8.75. The van der Waals surface area contributed by atoms with Crippen LogP contribution in [0.5, 0.6) is 0 Å². The maximum Gasteiger partial charge on any atom is 0.269 e. The molecule has 0 saturated carbocycles. The third-order valence-electron chi connectivity index (χ3n) is 4.36. The standard InChI is InChI=1S/C19H17N3OS/c1-12-10-17(19(20)23)21-22(12)15-6-2-5-14(11-15)16-7-3-4-13-8-9-24-18(13)16/h2-11,13,18H,1H3,(H2,20,23). The van der Waals surface area contributed by atoms with Crippen molar-refractivity contribution in [2.45, 2.75) is 12.2 Å². The quantitative estimate of drug-likeness (QED) is 0.934. The van der Waals surface area contributed by atoms with Crippen molar-refractivity contribution in [2.75, 3.05) is 0 Å². The minimum atomic E-state index is -0.510. The number of benzene rings is 1. The number of nitrogens with two attached hydrogens (primary N) is 1. The molecule has 1 aromatic heterocycles. The number of nitrogens with zero attached hydrogens (tertiary/aromatic N) is 2. The van der Waals surface area contributed by atoms with Crippen LogP contribution in [0.3, 0.4) is 0 Å². The van der Waals surface area contributed by atoms with E-state index >= 15 is 0 Å². The van der Waals surface area contributed by atoms with Crippen LogP contribution in [0.15, 0.2) is 60.0 Å². The van der Waals surface area contributed by atoms with Crippen molar-refractivity contribution in [3.05, 3.63) is 77.0 Å². The van der Waals surface area contributed by atoms with Gasteiger partial charge in [-0.25, -0.2) is 4.68 Å². The van der Waals surface area contributed by atoms with Crippen molar-refractivity contribution in [1.29, 1.82) is 0 Å². The molecule has 24 heavy (non-hydrogen) atoms. The number of thioether (sulfide) groups is 1.